The van der Waals surface area contributed by atoms with Crippen LogP contribution in [0, 0.1) is 13.8 Å². The Bertz CT molecular complexity index is 486. The molecule has 82 valence electrons. The molecule has 0 amide bonds. The summed E-state index contributed by atoms with van der Waals surface area (Å²) in [5.41, 5.74) is 11.0. The molecule has 0 bridgehead atoms. The number of aromatic nitrogens is 1. The van der Waals surface area contributed by atoms with E-state index < -0.39 is 0 Å². The molecule has 0 radical (unpaired) electrons. The minimum atomic E-state index is 0.502. The molecule has 1 aromatic heterocycles. The van der Waals surface area contributed by atoms with Crippen LogP contribution >= 0.6 is 11.6 Å². The van der Waals surface area contributed by atoms with Crippen LogP contribution < -0.4 is 5.73 Å². The first-order valence-electron chi connectivity index (χ1n) is 5.06. The van der Waals surface area contributed by atoms with Gasteiger partial charge < -0.3 is 5.73 Å². The van der Waals surface area contributed by atoms with Gasteiger partial charge in [-0.3, -0.25) is 0 Å². The molecule has 0 fully saturated rings. The lowest BCUT2D eigenvalue weighted by atomic mass is 9.98. The normalized spacial score (nSPS) is 10.4. The second-order valence-corrected chi connectivity index (χ2v) is 4.28. The summed E-state index contributed by atoms with van der Waals surface area (Å²) < 4.78 is 0. The first-order valence-corrected chi connectivity index (χ1v) is 5.44. The summed E-state index contributed by atoms with van der Waals surface area (Å²) in [4.78, 5) is 4.05. The Morgan fingerprint density at radius 1 is 1.06 bits per heavy atom. The lowest BCUT2D eigenvalue weighted by Crippen LogP contribution is -1.92. The second-order valence-electron chi connectivity index (χ2n) is 3.90. The van der Waals surface area contributed by atoms with Crippen molar-refractivity contribution in [2.75, 3.05) is 5.73 Å². The first kappa shape index (κ1) is 11.0. The number of pyridine rings is 1. The molecule has 0 aliphatic rings. The summed E-state index contributed by atoms with van der Waals surface area (Å²) in [6, 6.07) is 7.75. The number of nitrogens with two attached hydrogens (primary N) is 1. The Balaban J connectivity index is 2.66. The zero-order valence-electron chi connectivity index (χ0n) is 9.29. The van der Waals surface area contributed by atoms with E-state index in [2.05, 4.69) is 11.9 Å². The third-order valence-electron chi connectivity index (χ3n) is 2.62. The highest BCUT2D eigenvalue weighted by Gasteiger charge is 2.06. The zero-order chi connectivity index (χ0) is 11.7. The lowest BCUT2D eigenvalue weighted by molar-refractivity contribution is 1.26. The van der Waals surface area contributed by atoms with Gasteiger partial charge in [0.1, 0.15) is 5.15 Å². The predicted molar refractivity (Wildman–Crippen MR) is 68.6 cm³/mol. The highest BCUT2D eigenvalue weighted by Crippen LogP contribution is 2.29. The molecular formula is C13H13ClN2. The standard InChI is InChI=1S/C13H13ClN2/c1-8-3-4-10(15)5-11(8)12-6-13(14)16-7-9(12)2/h3-7H,15H2,1-2H3. The van der Waals surface area contributed by atoms with E-state index in [9.17, 15) is 0 Å². The number of rotatable bonds is 1. The minimum absolute atomic E-state index is 0.502. The van der Waals surface area contributed by atoms with Crippen LogP contribution in [0.4, 0.5) is 5.69 Å². The fourth-order valence-corrected chi connectivity index (χ4v) is 1.88. The molecule has 0 aliphatic carbocycles. The molecule has 0 atom stereocenters. The highest BCUT2D eigenvalue weighted by molar-refractivity contribution is 6.29. The van der Waals surface area contributed by atoms with Gasteiger partial charge in [0.15, 0.2) is 0 Å². The van der Waals surface area contributed by atoms with Gasteiger partial charge in [-0.25, -0.2) is 4.98 Å². The van der Waals surface area contributed by atoms with Crippen LogP contribution in [0.25, 0.3) is 11.1 Å². The first-order chi connectivity index (χ1) is 7.58. The molecule has 0 spiro atoms. The average molecular weight is 233 g/mol. The number of anilines is 1. The van der Waals surface area contributed by atoms with Gasteiger partial charge in [0.25, 0.3) is 0 Å². The lowest BCUT2D eigenvalue weighted by Gasteiger charge is -2.10. The fourth-order valence-electron chi connectivity index (χ4n) is 1.72. The second kappa shape index (κ2) is 4.14. The van der Waals surface area contributed by atoms with Gasteiger partial charge in [-0.2, -0.15) is 0 Å². The van der Waals surface area contributed by atoms with E-state index >= 15 is 0 Å². The number of hydrogen-bond acceptors (Lipinski definition) is 2. The maximum absolute atomic E-state index is 5.92. The maximum Gasteiger partial charge on any atom is 0.129 e. The van der Waals surface area contributed by atoms with Crippen LogP contribution in [0.5, 0.6) is 0 Å². The molecule has 16 heavy (non-hydrogen) atoms. The van der Waals surface area contributed by atoms with Crippen molar-refractivity contribution in [1.29, 1.82) is 0 Å². The summed E-state index contributed by atoms with van der Waals surface area (Å²) in [7, 11) is 0. The molecule has 1 aromatic carbocycles. The quantitative estimate of drug-likeness (QED) is 0.603. The van der Waals surface area contributed by atoms with Gasteiger partial charge in [0.2, 0.25) is 0 Å². The molecule has 2 rings (SSSR count). The number of benzene rings is 1. The summed E-state index contributed by atoms with van der Waals surface area (Å²) in [6.07, 6.45) is 1.78. The molecule has 0 unspecified atom stereocenters. The molecule has 0 saturated carbocycles. The van der Waals surface area contributed by atoms with E-state index in [1.165, 1.54) is 5.56 Å². The van der Waals surface area contributed by atoms with Crippen molar-refractivity contribution in [1.82, 2.24) is 4.98 Å². The molecule has 0 aliphatic heterocycles. The molecular weight excluding hydrogens is 220 g/mol. The third-order valence-corrected chi connectivity index (χ3v) is 2.83. The Morgan fingerprint density at radius 2 is 1.75 bits per heavy atom. The average Bonchev–Trinajstić information content (AvgIpc) is 2.25. The van der Waals surface area contributed by atoms with Gasteiger partial charge in [-0.1, -0.05) is 17.7 Å². The van der Waals surface area contributed by atoms with Crippen molar-refractivity contribution in [3.8, 4) is 11.1 Å². The van der Waals surface area contributed by atoms with Crippen LogP contribution in [0.1, 0.15) is 11.1 Å². The molecule has 2 N–H and O–H groups in total. The fraction of sp³-hybridized carbons (Fsp3) is 0.154. The summed E-state index contributed by atoms with van der Waals surface area (Å²) in [5, 5.41) is 0.502. The predicted octanol–water partition coefficient (Wildman–Crippen LogP) is 3.60. The van der Waals surface area contributed by atoms with Crippen LogP contribution in [0.2, 0.25) is 5.15 Å². The van der Waals surface area contributed by atoms with E-state index in [0.717, 1.165) is 22.4 Å². The number of nitrogens with zero attached hydrogens (tertiary/aromatic N) is 1. The smallest absolute Gasteiger partial charge is 0.129 e. The van der Waals surface area contributed by atoms with Crippen molar-refractivity contribution in [3.63, 3.8) is 0 Å². The van der Waals surface area contributed by atoms with Crippen LogP contribution in [-0.2, 0) is 0 Å². The molecule has 1 heterocycles. The molecule has 2 aromatic rings. The Morgan fingerprint density at radius 3 is 2.50 bits per heavy atom. The van der Waals surface area contributed by atoms with Crippen LogP contribution in [-0.4, -0.2) is 4.98 Å². The number of aryl methyl sites for hydroxylation is 2. The van der Waals surface area contributed by atoms with Crippen molar-refractivity contribution in [3.05, 3.63) is 46.7 Å². The Hall–Kier alpha value is -1.54. The van der Waals surface area contributed by atoms with Gasteiger partial charge in [-0.15, -0.1) is 0 Å². The SMILES string of the molecule is Cc1ccc(N)cc1-c1cc(Cl)ncc1C. The summed E-state index contributed by atoms with van der Waals surface area (Å²) in [6.45, 7) is 4.07. The van der Waals surface area contributed by atoms with Crippen LogP contribution in [0.15, 0.2) is 30.5 Å². The van der Waals surface area contributed by atoms with Crippen molar-refractivity contribution < 1.29 is 0 Å². The van der Waals surface area contributed by atoms with Crippen molar-refractivity contribution >= 4 is 17.3 Å². The number of halogens is 1. The van der Waals surface area contributed by atoms with Crippen molar-refractivity contribution in [2.24, 2.45) is 0 Å². The maximum atomic E-state index is 5.92. The highest BCUT2D eigenvalue weighted by atomic mass is 35.5. The zero-order valence-corrected chi connectivity index (χ0v) is 10.0. The van der Waals surface area contributed by atoms with E-state index in [-0.39, 0.29) is 0 Å². The van der Waals surface area contributed by atoms with Crippen molar-refractivity contribution in [2.45, 2.75) is 13.8 Å². The van der Waals surface area contributed by atoms with Crippen LogP contribution in [0.3, 0.4) is 0 Å². The monoisotopic (exact) mass is 232 g/mol. The molecule has 3 heteroatoms. The van der Waals surface area contributed by atoms with Gasteiger partial charge >= 0.3 is 0 Å². The van der Waals surface area contributed by atoms with Gasteiger partial charge in [-0.05, 0) is 54.3 Å². The van der Waals surface area contributed by atoms with E-state index in [1.807, 2.05) is 31.2 Å². The third kappa shape index (κ3) is 2.02. The number of hydrogen-bond donors (Lipinski definition) is 1. The topological polar surface area (TPSA) is 38.9 Å². The molecule has 2 nitrogen and oxygen atoms in total. The van der Waals surface area contributed by atoms with Gasteiger partial charge in [0, 0.05) is 11.9 Å². The summed E-state index contributed by atoms with van der Waals surface area (Å²) >= 11 is 5.92. The largest absolute Gasteiger partial charge is 0.399 e. The Labute approximate surface area is 100 Å². The molecule has 0 saturated heterocycles. The summed E-state index contributed by atoms with van der Waals surface area (Å²) in [5.74, 6) is 0. The van der Waals surface area contributed by atoms with E-state index in [4.69, 9.17) is 17.3 Å². The van der Waals surface area contributed by atoms with Gasteiger partial charge in [0.05, 0.1) is 0 Å². The number of nitrogen functional groups attached to an aromatic ring is 1. The van der Waals surface area contributed by atoms with E-state index in [0.29, 0.717) is 5.15 Å². The minimum Gasteiger partial charge on any atom is -0.399 e. The van der Waals surface area contributed by atoms with E-state index in [1.54, 1.807) is 6.20 Å². The Kier molecular flexibility index (Phi) is 2.84.